The van der Waals surface area contributed by atoms with Gasteiger partial charge >= 0.3 is 0 Å². The Morgan fingerprint density at radius 2 is 2.07 bits per heavy atom. The molecule has 1 N–H and O–H groups in total. The van der Waals surface area contributed by atoms with E-state index in [4.69, 9.17) is 11.6 Å². The molecule has 0 bridgehead atoms. The van der Waals surface area contributed by atoms with Gasteiger partial charge in [-0.3, -0.25) is 0 Å². The molecular weight excluding hydrogens is 229 g/mol. The van der Waals surface area contributed by atoms with Gasteiger partial charge in [-0.15, -0.1) is 0 Å². The molecule has 1 heterocycles. The third kappa shape index (κ3) is 1.29. The number of hydrogen-bond acceptors (Lipinski definition) is 2. The summed E-state index contributed by atoms with van der Waals surface area (Å²) in [6, 6.07) is 2.80. The fraction of sp³-hybridized carbons (Fsp3) is 0. The maximum atomic E-state index is 13.3. The molecule has 0 saturated carbocycles. The molecule has 2 rings (SSSR count). The lowest BCUT2D eigenvalue weighted by Crippen LogP contribution is -1.80. The number of fused-ring (bicyclic) bond motifs is 1. The summed E-state index contributed by atoms with van der Waals surface area (Å²) < 4.78 is 34.8. The molecule has 0 amide bonds. The van der Waals surface area contributed by atoms with Gasteiger partial charge in [-0.2, -0.15) is 0 Å². The predicted molar refractivity (Wildman–Crippen MR) is 51.8 cm³/mol. The van der Waals surface area contributed by atoms with Crippen molar-refractivity contribution in [2.75, 3.05) is 0 Å². The van der Waals surface area contributed by atoms with Crippen molar-refractivity contribution in [1.82, 2.24) is 4.98 Å². The molecule has 2 aromatic rings. The molecule has 0 aliphatic carbocycles. The maximum Gasteiger partial charge on any atom is 0.170 e. The van der Waals surface area contributed by atoms with Crippen molar-refractivity contribution in [2.24, 2.45) is 0 Å². The lowest BCUT2D eigenvalue weighted by molar-refractivity contribution is 0.615. The first-order valence-electron chi connectivity index (χ1n) is 3.70. The average Bonchev–Trinajstić information content (AvgIpc) is 2.55. The van der Waals surface area contributed by atoms with E-state index in [1.54, 1.807) is 0 Å². The van der Waals surface area contributed by atoms with Gasteiger partial charge in [-0.25, -0.2) is 12.8 Å². The summed E-state index contributed by atoms with van der Waals surface area (Å²) in [5, 5.41) is 0.287. The second kappa shape index (κ2) is 3.25. The Kier molecular flexibility index (Phi) is 2.20. The van der Waals surface area contributed by atoms with E-state index in [9.17, 15) is 12.8 Å². The number of thiol groups is 1. The lowest BCUT2D eigenvalue weighted by atomic mass is 10.2. The summed E-state index contributed by atoms with van der Waals surface area (Å²) in [7, 11) is -2.72. The summed E-state index contributed by atoms with van der Waals surface area (Å²) in [5.74, 6) is -0.632. The number of rotatable bonds is 1. The predicted octanol–water partition coefficient (Wildman–Crippen LogP) is 1.93. The van der Waals surface area contributed by atoms with Crippen LogP contribution in [0.2, 0.25) is 5.02 Å². The molecule has 0 spiro atoms. The lowest BCUT2D eigenvalue weighted by Gasteiger charge is -1.95. The number of hydrogen-bond donors (Lipinski definition) is 2. The number of aromatic amines is 1. The second-order valence-corrected chi connectivity index (χ2v) is 4.12. The van der Waals surface area contributed by atoms with Crippen molar-refractivity contribution < 1.29 is 12.8 Å². The van der Waals surface area contributed by atoms with Crippen LogP contribution in [0, 0.1) is 5.82 Å². The summed E-state index contributed by atoms with van der Waals surface area (Å²) in [5.41, 5.74) is 0.117. The molecule has 0 radical (unpaired) electrons. The van der Waals surface area contributed by atoms with Crippen LogP contribution < -0.4 is 0 Å². The molecule has 0 unspecified atom stereocenters. The van der Waals surface area contributed by atoms with Gasteiger partial charge in [0.25, 0.3) is 0 Å². The molecule has 0 atom stereocenters. The summed E-state index contributed by atoms with van der Waals surface area (Å²) >= 11 is 5.53. The van der Waals surface area contributed by atoms with Crippen LogP contribution >= 0.6 is 11.6 Å². The highest BCUT2D eigenvalue weighted by Gasteiger charge is 2.11. The van der Waals surface area contributed by atoms with E-state index < -0.39 is 16.5 Å². The van der Waals surface area contributed by atoms with Crippen molar-refractivity contribution >= 4 is 33.2 Å². The fourth-order valence-electron chi connectivity index (χ4n) is 1.27. The highest BCUT2D eigenvalue weighted by molar-refractivity contribution is 7.72. The first-order chi connectivity index (χ1) is 6.61. The van der Waals surface area contributed by atoms with Crippen molar-refractivity contribution in [3.05, 3.63) is 29.2 Å². The highest BCUT2D eigenvalue weighted by atomic mass is 35.5. The molecule has 6 heteroatoms. The minimum absolute atomic E-state index is 0.0352. The third-order valence-corrected chi connectivity index (χ3v) is 2.98. The number of halogens is 2. The Morgan fingerprint density at radius 1 is 1.36 bits per heavy atom. The Balaban J connectivity index is 2.90. The molecule has 14 heavy (non-hydrogen) atoms. The Hall–Kier alpha value is -1.07. The minimum Gasteiger partial charge on any atom is -0.357 e. The number of aromatic nitrogens is 1. The zero-order valence-corrected chi connectivity index (χ0v) is 8.40. The van der Waals surface area contributed by atoms with Gasteiger partial charge in [0.15, 0.2) is 16.5 Å². The zero-order valence-electron chi connectivity index (χ0n) is 6.75. The quantitative estimate of drug-likeness (QED) is 0.740. The second-order valence-electron chi connectivity index (χ2n) is 2.71. The van der Waals surface area contributed by atoms with Crippen LogP contribution in [0.5, 0.6) is 0 Å². The van der Waals surface area contributed by atoms with Crippen LogP contribution in [-0.2, 0) is 10.7 Å². The molecule has 0 saturated heterocycles. The van der Waals surface area contributed by atoms with Crippen molar-refractivity contribution in [3.8, 4) is 0 Å². The number of benzene rings is 1. The summed E-state index contributed by atoms with van der Waals surface area (Å²) in [6.07, 6.45) is 1.25. The Labute approximate surface area is 85.4 Å². The SMILES string of the molecule is O=[SH](=O)c1c[nH]c2c(F)c(Cl)ccc12. The average molecular weight is 234 g/mol. The molecule has 0 aliphatic heterocycles. The Bertz CT molecular complexity index is 568. The largest absolute Gasteiger partial charge is 0.357 e. The van der Waals surface area contributed by atoms with E-state index in [0.29, 0.717) is 5.39 Å². The van der Waals surface area contributed by atoms with E-state index in [1.807, 2.05) is 0 Å². The molecule has 1 aromatic heterocycles. The molecule has 3 nitrogen and oxygen atoms in total. The topological polar surface area (TPSA) is 49.9 Å². The van der Waals surface area contributed by atoms with Crippen molar-refractivity contribution in [2.45, 2.75) is 4.90 Å². The molecular formula is C8H5ClFNO2S. The van der Waals surface area contributed by atoms with Gasteiger partial charge in [0.2, 0.25) is 0 Å². The van der Waals surface area contributed by atoms with Crippen molar-refractivity contribution in [1.29, 1.82) is 0 Å². The van der Waals surface area contributed by atoms with Crippen LogP contribution in [0.1, 0.15) is 0 Å². The van der Waals surface area contributed by atoms with Gasteiger partial charge in [0, 0.05) is 11.6 Å². The van der Waals surface area contributed by atoms with E-state index in [1.165, 1.54) is 18.3 Å². The normalized spacial score (nSPS) is 11.4. The number of nitrogens with one attached hydrogen (secondary N) is 1. The highest BCUT2D eigenvalue weighted by Crippen LogP contribution is 2.26. The molecule has 74 valence electrons. The van der Waals surface area contributed by atoms with Gasteiger partial charge < -0.3 is 4.98 Å². The smallest absolute Gasteiger partial charge is 0.170 e. The Morgan fingerprint density at radius 3 is 2.71 bits per heavy atom. The first-order valence-corrected chi connectivity index (χ1v) is 5.26. The summed E-state index contributed by atoms with van der Waals surface area (Å²) in [4.78, 5) is 2.61. The molecule has 0 aliphatic rings. The van der Waals surface area contributed by atoms with Crippen LogP contribution in [0.3, 0.4) is 0 Å². The van der Waals surface area contributed by atoms with E-state index >= 15 is 0 Å². The first kappa shape index (κ1) is 9.48. The zero-order chi connectivity index (χ0) is 10.3. The minimum atomic E-state index is -2.72. The molecule has 1 aromatic carbocycles. The fourth-order valence-corrected chi connectivity index (χ4v) is 1.99. The van der Waals surface area contributed by atoms with Gasteiger partial charge in [0.1, 0.15) is 0 Å². The van der Waals surface area contributed by atoms with Gasteiger partial charge in [-0.05, 0) is 12.1 Å². The van der Waals surface area contributed by atoms with E-state index in [-0.39, 0.29) is 15.4 Å². The van der Waals surface area contributed by atoms with Gasteiger partial charge in [0.05, 0.1) is 15.4 Å². The number of H-pyrrole nitrogens is 1. The molecule has 0 fully saturated rings. The van der Waals surface area contributed by atoms with Crippen LogP contribution in [0.15, 0.2) is 23.2 Å². The van der Waals surface area contributed by atoms with Crippen LogP contribution in [0.4, 0.5) is 4.39 Å². The maximum absolute atomic E-state index is 13.3. The van der Waals surface area contributed by atoms with Crippen LogP contribution in [0.25, 0.3) is 10.9 Å². The third-order valence-electron chi connectivity index (χ3n) is 1.92. The van der Waals surface area contributed by atoms with Crippen LogP contribution in [-0.4, -0.2) is 13.4 Å². The standard InChI is InChI=1S/C8H5ClFNO2S/c9-5-2-1-4-6(14(12)13)3-11-8(4)7(5)10/h1-3,11,14H. The van der Waals surface area contributed by atoms with E-state index in [2.05, 4.69) is 4.98 Å². The monoisotopic (exact) mass is 233 g/mol. The van der Waals surface area contributed by atoms with Crippen molar-refractivity contribution in [3.63, 3.8) is 0 Å². The van der Waals surface area contributed by atoms with Gasteiger partial charge in [-0.1, -0.05) is 11.6 Å². The summed E-state index contributed by atoms with van der Waals surface area (Å²) in [6.45, 7) is 0. The van der Waals surface area contributed by atoms with E-state index in [0.717, 1.165) is 0 Å².